The first-order valence-corrected chi connectivity index (χ1v) is 10.2. The van der Waals surface area contributed by atoms with Gasteiger partial charge in [-0.25, -0.2) is 0 Å². The third-order valence-corrected chi connectivity index (χ3v) is 5.61. The van der Waals surface area contributed by atoms with E-state index in [1.165, 1.54) is 16.2 Å². The third-order valence-electron chi connectivity index (χ3n) is 5.61. The van der Waals surface area contributed by atoms with Crippen LogP contribution >= 0.6 is 0 Å². The first-order chi connectivity index (χ1) is 14.1. The van der Waals surface area contributed by atoms with Crippen LogP contribution in [0.3, 0.4) is 0 Å². The number of phenolic OH excluding ortho intramolecular Hbond substituents is 1. The van der Waals surface area contributed by atoms with Crippen LogP contribution < -0.4 is 14.5 Å². The van der Waals surface area contributed by atoms with Crippen molar-refractivity contribution in [3.8, 4) is 11.5 Å². The van der Waals surface area contributed by atoms with E-state index in [1.54, 1.807) is 13.2 Å². The van der Waals surface area contributed by atoms with Crippen molar-refractivity contribution >= 4 is 16.5 Å². The van der Waals surface area contributed by atoms with Crippen molar-refractivity contribution in [1.82, 2.24) is 0 Å². The number of aromatic hydroxyl groups is 1. The summed E-state index contributed by atoms with van der Waals surface area (Å²) in [6, 6.07) is 18.6. The molecule has 5 heteroatoms. The van der Waals surface area contributed by atoms with Crippen molar-refractivity contribution in [2.45, 2.75) is 13.1 Å². The zero-order valence-corrected chi connectivity index (χ0v) is 17.1. The lowest BCUT2D eigenvalue weighted by Crippen LogP contribution is -3.06. The topological polar surface area (TPSA) is 46.4 Å². The predicted molar refractivity (Wildman–Crippen MR) is 116 cm³/mol. The first-order valence-electron chi connectivity index (χ1n) is 10.2. The van der Waals surface area contributed by atoms with Crippen LogP contribution in [0.5, 0.6) is 11.5 Å². The Morgan fingerprint density at radius 3 is 2.45 bits per heavy atom. The van der Waals surface area contributed by atoms with Crippen LogP contribution in [0.2, 0.25) is 0 Å². The molecular formula is C24H29N2O3+. The summed E-state index contributed by atoms with van der Waals surface area (Å²) in [7, 11) is 3.83. The van der Waals surface area contributed by atoms with Gasteiger partial charge in [-0.3, -0.25) is 0 Å². The number of anilines is 1. The lowest BCUT2D eigenvalue weighted by atomic mass is 10.0. The van der Waals surface area contributed by atoms with Crippen molar-refractivity contribution in [2.24, 2.45) is 0 Å². The largest absolute Gasteiger partial charge is 0.507 e. The monoisotopic (exact) mass is 393 g/mol. The van der Waals surface area contributed by atoms with E-state index in [0.29, 0.717) is 5.75 Å². The van der Waals surface area contributed by atoms with Gasteiger partial charge in [0.25, 0.3) is 0 Å². The quantitative estimate of drug-likeness (QED) is 0.676. The number of fused-ring (bicyclic) bond motifs is 1. The highest BCUT2D eigenvalue weighted by atomic mass is 16.5. The molecule has 1 saturated heterocycles. The van der Waals surface area contributed by atoms with E-state index >= 15 is 0 Å². The number of hydrogen-bond acceptors (Lipinski definition) is 4. The highest BCUT2D eigenvalue weighted by molar-refractivity contribution is 5.88. The summed E-state index contributed by atoms with van der Waals surface area (Å²) in [5, 5.41) is 12.7. The molecule has 0 radical (unpaired) electrons. The van der Waals surface area contributed by atoms with Gasteiger partial charge in [0.1, 0.15) is 24.6 Å². The number of ether oxygens (including phenoxy) is 2. The number of rotatable bonds is 6. The zero-order valence-electron chi connectivity index (χ0n) is 17.1. The molecule has 4 rings (SSSR count). The van der Waals surface area contributed by atoms with Crippen molar-refractivity contribution in [3.05, 3.63) is 65.7 Å². The molecule has 0 aromatic heterocycles. The maximum Gasteiger partial charge on any atom is 0.125 e. The van der Waals surface area contributed by atoms with Crippen LogP contribution in [0.15, 0.2) is 54.6 Å². The second kappa shape index (κ2) is 8.72. The molecule has 3 aromatic carbocycles. The lowest BCUT2D eigenvalue weighted by molar-refractivity contribution is -0.907. The van der Waals surface area contributed by atoms with E-state index < -0.39 is 0 Å². The number of nitrogens with zero attached hydrogens (tertiary/aromatic N) is 1. The molecule has 1 aliphatic rings. The summed E-state index contributed by atoms with van der Waals surface area (Å²) in [5.74, 6) is 1.15. The second-order valence-electron chi connectivity index (χ2n) is 7.73. The number of benzene rings is 3. The van der Waals surface area contributed by atoms with Crippen LogP contribution in [0.4, 0.5) is 5.69 Å². The van der Waals surface area contributed by atoms with Gasteiger partial charge in [0, 0.05) is 24.3 Å². The Hall–Kier alpha value is -2.76. The highest BCUT2D eigenvalue weighted by Crippen LogP contribution is 2.29. The van der Waals surface area contributed by atoms with Gasteiger partial charge in [0.15, 0.2) is 0 Å². The average Bonchev–Trinajstić information content (AvgIpc) is 2.76. The maximum absolute atomic E-state index is 10.5. The molecule has 0 saturated carbocycles. The lowest BCUT2D eigenvalue weighted by Gasteiger charge is -2.29. The van der Waals surface area contributed by atoms with Crippen molar-refractivity contribution in [3.63, 3.8) is 0 Å². The molecule has 0 amide bonds. The Morgan fingerprint density at radius 2 is 1.72 bits per heavy atom. The van der Waals surface area contributed by atoms with Gasteiger partial charge in [-0.15, -0.1) is 0 Å². The van der Waals surface area contributed by atoms with Gasteiger partial charge in [0.2, 0.25) is 0 Å². The molecular weight excluding hydrogens is 364 g/mol. The Kier molecular flexibility index (Phi) is 5.88. The highest BCUT2D eigenvalue weighted by Gasteiger charge is 2.15. The molecule has 2 N–H and O–H groups in total. The maximum atomic E-state index is 10.5. The van der Waals surface area contributed by atoms with E-state index in [4.69, 9.17) is 9.47 Å². The Balaban J connectivity index is 1.48. The number of morpholine rings is 1. The zero-order chi connectivity index (χ0) is 20.2. The fourth-order valence-corrected chi connectivity index (χ4v) is 4.02. The summed E-state index contributed by atoms with van der Waals surface area (Å²) < 4.78 is 10.8. The van der Waals surface area contributed by atoms with Crippen LogP contribution in [-0.4, -0.2) is 45.6 Å². The molecule has 152 valence electrons. The average molecular weight is 394 g/mol. The molecule has 0 bridgehead atoms. The summed E-state index contributed by atoms with van der Waals surface area (Å²) in [6.45, 7) is 5.13. The summed E-state index contributed by atoms with van der Waals surface area (Å²) in [5.41, 5.74) is 3.51. The van der Waals surface area contributed by atoms with Gasteiger partial charge >= 0.3 is 0 Å². The minimum Gasteiger partial charge on any atom is -0.507 e. The number of nitrogens with one attached hydrogen (secondary N) is 1. The molecule has 1 fully saturated rings. The molecule has 1 atom stereocenters. The van der Waals surface area contributed by atoms with Crippen molar-refractivity contribution in [2.75, 3.05) is 45.4 Å². The van der Waals surface area contributed by atoms with Crippen LogP contribution in [0.25, 0.3) is 10.8 Å². The Bertz CT molecular complexity index is 966. The van der Waals surface area contributed by atoms with Crippen LogP contribution in [-0.2, 0) is 17.8 Å². The molecule has 1 heterocycles. The van der Waals surface area contributed by atoms with Gasteiger partial charge in [-0.05, 0) is 41.1 Å². The molecule has 1 aliphatic heterocycles. The van der Waals surface area contributed by atoms with E-state index in [2.05, 4.69) is 36.2 Å². The normalized spacial score (nSPS) is 15.4. The Morgan fingerprint density at radius 1 is 1.00 bits per heavy atom. The summed E-state index contributed by atoms with van der Waals surface area (Å²) in [4.78, 5) is 3.68. The number of methoxy groups -OCH3 is 1. The fourth-order valence-electron chi connectivity index (χ4n) is 4.02. The van der Waals surface area contributed by atoms with E-state index in [-0.39, 0.29) is 0 Å². The van der Waals surface area contributed by atoms with E-state index in [1.807, 2.05) is 24.3 Å². The van der Waals surface area contributed by atoms with Gasteiger partial charge in [-0.2, -0.15) is 0 Å². The molecule has 3 aromatic rings. The van der Waals surface area contributed by atoms with Gasteiger partial charge in [-0.1, -0.05) is 24.3 Å². The van der Waals surface area contributed by atoms with Crippen LogP contribution in [0, 0.1) is 0 Å². The van der Waals surface area contributed by atoms with Gasteiger partial charge in [0.05, 0.1) is 32.9 Å². The van der Waals surface area contributed by atoms with Crippen LogP contribution in [0.1, 0.15) is 11.1 Å². The Labute approximate surface area is 172 Å². The standard InChI is InChI=1S/C24H28N2O3/c1-25(16-18-3-7-20(8-4-18)26-11-13-29-14-12-26)17-23-22-15-21(28-2)9-5-19(22)6-10-24(23)27/h3-10,15,27H,11-14,16-17H2,1-2H3/p+1. The minimum absolute atomic E-state index is 0.341. The number of quaternary nitrogens is 1. The minimum atomic E-state index is 0.341. The van der Waals surface area contributed by atoms with Crippen molar-refractivity contribution in [1.29, 1.82) is 0 Å². The first kappa shape index (κ1) is 19.6. The molecule has 0 spiro atoms. The van der Waals surface area contributed by atoms with E-state index in [0.717, 1.165) is 61.5 Å². The van der Waals surface area contributed by atoms with Gasteiger partial charge < -0.3 is 24.4 Å². The smallest absolute Gasteiger partial charge is 0.125 e. The third kappa shape index (κ3) is 4.47. The number of hydrogen-bond donors (Lipinski definition) is 2. The fraction of sp³-hybridized carbons (Fsp3) is 0.333. The molecule has 0 aliphatic carbocycles. The molecule has 1 unspecified atom stereocenters. The second-order valence-corrected chi connectivity index (χ2v) is 7.73. The molecule has 5 nitrogen and oxygen atoms in total. The predicted octanol–water partition coefficient (Wildman–Crippen LogP) is 2.61. The van der Waals surface area contributed by atoms with Crippen molar-refractivity contribution < 1.29 is 19.5 Å². The molecule has 29 heavy (non-hydrogen) atoms. The summed E-state index contributed by atoms with van der Waals surface area (Å²) >= 11 is 0. The van der Waals surface area contributed by atoms with E-state index in [9.17, 15) is 5.11 Å². The number of phenols is 1. The summed E-state index contributed by atoms with van der Waals surface area (Å²) in [6.07, 6.45) is 0. The SMILES string of the molecule is COc1ccc2ccc(O)c(C[NH+](C)Cc3ccc(N4CCOCC4)cc3)c2c1.